The first-order valence-corrected chi connectivity index (χ1v) is 7.27. The number of thiophene rings is 1. The van der Waals surface area contributed by atoms with E-state index in [0.29, 0.717) is 19.0 Å². The van der Waals surface area contributed by atoms with Crippen LogP contribution in [0.3, 0.4) is 0 Å². The van der Waals surface area contributed by atoms with Crippen molar-refractivity contribution < 1.29 is 9.53 Å². The first-order chi connectivity index (χ1) is 8.74. The molecule has 2 heterocycles. The Labute approximate surface area is 116 Å². The quantitative estimate of drug-likeness (QED) is 0.873. The van der Waals surface area contributed by atoms with Crippen LogP contribution in [-0.4, -0.2) is 32.3 Å². The van der Waals surface area contributed by atoms with Crippen LogP contribution in [0.25, 0.3) is 0 Å². The van der Waals surface area contributed by atoms with Crippen LogP contribution in [0.2, 0.25) is 4.34 Å². The highest BCUT2D eigenvalue weighted by atomic mass is 35.5. The summed E-state index contributed by atoms with van der Waals surface area (Å²) in [7, 11) is 0. The molecular weight excluding hydrogens is 272 g/mol. The maximum Gasteiger partial charge on any atom is 0.314 e. The zero-order valence-corrected chi connectivity index (χ0v) is 11.6. The third kappa shape index (κ3) is 4.48. The molecule has 4 nitrogen and oxygen atoms in total. The number of hydrogen-bond acceptors (Lipinski definition) is 3. The Morgan fingerprint density at radius 1 is 1.50 bits per heavy atom. The van der Waals surface area contributed by atoms with Gasteiger partial charge in [0.25, 0.3) is 0 Å². The fraction of sp³-hybridized carbons (Fsp3) is 0.583. The van der Waals surface area contributed by atoms with Gasteiger partial charge >= 0.3 is 6.03 Å². The monoisotopic (exact) mass is 288 g/mol. The van der Waals surface area contributed by atoms with Crippen molar-refractivity contribution in [1.29, 1.82) is 0 Å². The van der Waals surface area contributed by atoms with Crippen LogP contribution in [0.4, 0.5) is 4.79 Å². The van der Waals surface area contributed by atoms with Gasteiger partial charge in [-0.3, -0.25) is 0 Å². The third-order valence-corrected chi connectivity index (χ3v) is 4.15. The van der Waals surface area contributed by atoms with Gasteiger partial charge in [0.05, 0.1) is 10.9 Å². The molecule has 0 radical (unpaired) electrons. The van der Waals surface area contributed by atoms with E-state index in [0.717, 1.165) is 30.4 Å². The molecule has 6 heteroatoms. The SMILES string of the molecule is O=C(NCCc1ccc(Cl)s1)NC[C@@H]1CCOC1. The average Bonchev–Trinajstić information content (AvgIpc) is 2.98. The van der Waals surface area contributed by atoms with Gasteiger partial charge in [0.15, 0.2) is 0 Å². The summed E-state index contributed by atoms with van der Waals surface area (Å²) < 4.78 is 6.04. The third-order valence-electron chi connectivity index (χ3n) is 2.86. The van der Waals surface area contributed by atoms with Gasteiger partial charge in [-0.15, -0.1) is 11.3 Å². The van der Waals surface area contributed by atoms with Crippen molar-refractivity contribution in [1.82, 2.24) is 10.6 Å². The predicted molar refractivity (Wildman–Crippen MR) is 73.4 cm³/mol. The van der Waals surface area contributed by atoms with Crippen molar-refractivity contribution in [2.75, 3.05) is 26.3 Å². The second-order valence-electron chi connectivity index (χ2n) is 4.32. The highest BCUT2D eigenvalue weighted by Gasteiger charge is 2.15. The van der Waals surface area contributed by atoms with E-state index in [4.69, 9.17) is 16.3 Å². The Kier molecular flexibility index (Phi) is 5.28. The molecule has 0 bridgehead atoms. The van der Waals surface area contributed by atoms with E-state index in [9.17, 15) is 4.79 Å². The molecule has 1 fully saturated rings. The summed E-state index contributed by atoms with van der Waals surface area (Å²) in [6, 6.07) is 3.76. The fourth-order valence-corrected chi connectivity index (χ4v) is 2.92. The zero-order valence-electron chi connectivity index (χ0n) is 10.1. The van der Waals surface area contributed by atoms with Crippen molar-refractivity contribution >= 4 is 29.0 Å². The van der Waals surface area contributed by atoms with Gasteiger partial charge in [0.2, 0.25) is 0 Å². The van der Waals surface area contributed by atoms with Gasteiger partial charge < -0.3 is 15.4 Å². The topological polar surface area (TPSA) is 50.4 Å². The number of nitrogens with one attached hydrogen (secondary N) is 2. The molecule has 0 aliphatic carbocycles. The Morgan fingerprint density at radius 3 is 3.06 bits per heavy atom. The molecule has 0 spiro atoms. The smallest absolute Gasteiger partial charge is 0.314 e. The Hall–Kier alpha value is -0.780. The molecule has 1 saturated heterocycles. The second kappa shape index (κ2) is 6.97. The van der Waals surface area contributed by atoms with Gasteiger partial charge in [-0.05, 0) is 25.0 Å². The minimum atomic E-state index is -0.107. The largest absolute Gasteiger partial charge is 0.381 e. The van der Waals surface area contributed by atoms with Gasteiger partial charge in [0, 0.05) is 30.5 Å². The van der Waals surface area contributed by atoms with Gasteiger partial charge in [-0.25, -0.2) is 4.79 Å². The summed E-state index contributed by atoms with van der Waals surface area (Å²) in [5.41, 5.74) is 0. The van der Waals surface area contributed by atoms with E-state index in [1.54, 1.807) is 11.3 Å². The summed E-state index contributed by atoms with van der Waals surface area (Å²) in [6.07, 6.45) is 1.85. The van der Waals surface area contributed by atoms with E-state index in [2.05, 4.69) is 10.6 Å². The zero-order chi connectivity index (χ0) is 12.8. The summed E-state index contributed by atoms with van der Waals surface area (Å²) in [5, 5.41) is 5.70. The van der Waals surface area contributed by atoms with Crippen LogP contribution >= 0.6 is 22.9 Å². The Morgan fingerprint density at radius 2 is 2.39 bits per heavy atom. The second-order valence-corrected chi connectivity index (χ2v) is 6.12. The summed E-state index contributed by atoms with van der Waals surface area (Å²) in [4.78, 5) is 12.7. The highest BCUT2D eigenvalue weighted by molar-refractivity contribution is 7.16. The molecule has 2 amide bonds. The first kappa shape index (κ1) is 13.6. The lowest BCUT2D eigenvalue weighted by Crippen LogP contribution is -2.39. The van der Waals surface area contributed by atoms with E-state index in [-0.39, 0.29) is 6.03 Å². The molecule has 1 aliphatic heterocycles. The molecule has 1 aliphatic rings. The molecule has 100 valence electrons. The number of carbonyl (C=O) groups excluding carboxylic acids is 1. The van der Waals surface area contributed by atoms with Crippen molar-refractivity contribution in [3.8, 4) is 0 Å². The lowest BCUT2D eigenvalue weighted by Gasteiger charge is -2.10. The van der Waals surface area contributed by atoms with Crippen LogP contribution in [0.5, 0.6) is 0 Å². The van der Waals surface area contributed by atoms with Crippen LogP contribution in [0.1, 0.15) is 11.3 Å². The first-order valence-electron chi connectivity index (χ1n) is 6.07. The van der Waals surface area contributed by atoms with Crippen LogP contribution in [0, 0.1) is 5.92 Å². The maximum absolute atomic E-state index is 11.5. The number of rotatable bonds is 5. The van der Waals surface area contributed by atoms with Gasteiger partial charge in [0.1, 0.15) is 0 Å². The molecule has 0 unspecified atom stereocenters. The minimum Gasteiger partial charge on any atom is -0.381 e. The summed E-state index contributed by atoms with van der Waals surface area (Å²) in [6.45, 7) is 2.89. The van der Waals surface area contributed by atoms with Crippen molar-refractivity contribution in [2.24, 2.45) is 5.92 Å². The van der Waals surface area contributed by atoms with Crippen LogP contribution < -0.4 is 10.6 Å². The number of hydrogen-bond donors (Lipinski definition) is 2. The number of amides is 2. The standard InChI is InChI=1S/C12H17ClN2O2S/c13-11-2-1-10(18-11)3-5-14-12(16)15-7-9-4-6-17-8-9/h1-2,9H,3-8H2,(H2,14,15,16)/t9-/m0/s1. The Bertz CT molecular complexity index is 391. The normalized spacial score (nSPS) is 18.8. The number of urea groups is 1. The summed E-state index contributed by atoms with van der Waals surface area (Å²) >= 11 is 7.38. The van der Waals surface area contributed by atoms with E-state index in [1.807, 2.05) is 12.1 Å². The number of ether oxygens (including phenoxy) is 1. The Balaban J connectivity index is 1.57. The van der Waals surface area contributed by atoms with Gasteiger partial charge in [-0.1, -0.05) is 11.6 Å². The lowest BCUT2D eigenvalue weighted by molar-refractivity contribution is 0.185. The molecule has 1 aromatic heterocycles. The van der Waals surface area contributed by atoms with Crippen LogP contribution in [0.15, 0.2) is 12.1 Å². The maximum atomic E-state index is 11.5. The van der Waals surface area contributed by atoms with Crippen molar-refractivity contribution in [3.63, 3.8) is 0 Å². The highest BCUT2D eigenvalue weighted by Crippen LogP contribution is 2.21. The average molecular weight is 289 g/mol. The molecule has 0 aromatic carbocycles. The van der Waals surface area contributed by atoms with E-state index >= 15 is 0 Å². The van der Waals surface area contributed by atoms with Crippen LogP contribution in [-0.2, 0) is 11.2 Å². The number of halogens is 1. The lowest BCUT2D eigenvalue weighted by atomic mass is 10.1. The molecule has 2 rings (SSSR count). The van der Waals surface area contributed by atoms with Gasteiger partial charge in [-0.2, -0.15) is 0 Å². The molecule has 1 atom stereocenters. The number of carbonyl (C=O) groups is 1. The van der Waals surface area contributed by atoms with E-state index in [1.165, 1.54) is 4.88 Å². The van der Waals surface area contributed by atoms with Crippen molar-refractivity contribution in [3.05, 3.63) is 21.3 Å². The molecule has 2 N–H and O–H groups in total. The van der Waals surface area contributed by atoms with Crippen molar-refractivity contribution in [2.45, 2.75) is 12.8 Å². The molecule has 18 heavy (non-hydrogen) atoms. The minimum absolute atomic E-state index is 0.107. The summed E-state index contributed by atoms with van der Waals surface area (Å²) in [5.74, 6) is 0.465. The van der Waals surface area contributed by atoms with E-state index < -0.39 is 0 Å². The molecule has 0 saturated carbocycles. The molecular formula is C12H17ClN2O2S. The predicted octanol–water partition coefficient (Wildman–Crippen LogP) is 2.28. The fourth-order valence-electron chi connectivity index (χ4n) is 1.83. The molecule has 1 aromatic rings.